The summed E-state index contributed by atoms with van der Waals surface area (Å²) in [6.45, 7) is 3.28. The Morgan fingerprint density at radius 1 is 1.19 bits per heavy atom. The smallest absolute Gasteiger partial charge is 0.328 e. The first-order valence-corrected chi connectivity index (χ1v) is 11.5. The Kier molecular flexibility index (Phi) is 8.17. The molecule has 1 aromatic carbocycles. The van der Waals surface area contributed by atoms with Gasteiger partial charge in [-0.3, -0.25) is 4.99 Å². The molecule has 2 aromatic rings. The van der Waals surface area contributed by atoms with Gasteiger partial charge >= 0.3 is 11.9 Å². The SMILES string of the molecule is CN1CCC/C1=N\CCSc1cn(CC2CC2)c2ccccc12.O=C(O)/C=C/C(=O)O. The molecule has 0 atom stereocenters. The molecule has 1 aromatic heterocycles. The average Bonchev–Trinajstić information content (AvgIpc) is 3.37. The van der Waals surface area contributed by atoms with Gasteiger partial charge in [0.15, 0.2) is 0 Å². The van der Waals surface area contributed by atoms with E-state index in [1.807, 2.05) is 11.8 Å². The highest BCUT2D eigenvalue weighted by atomic mass is 32.2. The lowest BCUT2D eigenvalue weighted by Crippen LogP contribution is -2.19. The van der Waals surface area contributed by atoms with E-state index in [-0.39, 0.29) is 0 Å². The lowest BCUT2D eigenvalue weighted by molar-refractivity contribution is -0.134. The van der Waals surface area contributed by atoms with Crippen molar-refractivity contribution < 1.29 is 19.8 Å². The van der Waals surface area contributed by atoms with Gasteiger partial charge in [-0.15, -0.1) is 11.8 Å². The summed E-state index contributed by atoms with van der Waals surface area (Å²) in [5.74, 6) is 0.754. The number of aliphatic imine (C=N–C) groups is 1. The van der Waals surface area contributed by atoms with Crippen LogP contribution in [-0.2, 0) is 16.1 Å². The van der Waals surface area contributed by atoms with E-state index in [0.29, 0.717) is 12.2 Å². The Hall–Kier alpha value is -2.74. The van der Waals surface area contributed by atoms with E-state index >= 15 is 0 Å². The molecule has 4 rings (SSSR count). The van der Waals surface area contributed by atoms with Gasteiger partial charge < -0.3 is 19.7 Å². The van der Waals surface area contributed by atoms with Gasteiger partial charge in [0.25, 0.3) is 0 Å². The number of hydrogen-bond donors (Lipinski definition) is 2. The van der Waals surface area contributed by atoms with Crippen molar-refractivity contribution in [2.24, 2.45) is 10.9 Å². The van der Waals surface area contributed by atoms with Gasteiger partial charge in [0.2, 0.25) is 0 Å². The van der Waals surface area contributed by atoms with Crippen LogP contribution in [0.3, 0.4) is 0 Å². The Morgan fingerprint density at radius 3 is 2.52 bits per heavy atom. The number of nitrogens with zero attached hydrogens (tertiary/aromatic N) is 3. The summed E-state index contributed by atoms with van der Waals surface area (Å²) in [6, 6.07) is 8.83. The number of amidine groups is 1. The molecule has 0 amide bonds. The van der Waals surface area contributed by atoms with E-state index in [2.05, 4.69) is 47.0 Å². The largest absolute Gasteiger partial charge is 0.478 e. The quantitative estimate of drug-likeness (QED) is 0.364. The van der Waals surface area contributed by atoms with Crippen LogP contribution in [0.1, 0.15) is 25.7 Å². The fraction of sp³-hybridized carbons (Fsp3) is 0.435. The lowest BCUT2D eigenvalue weighted by atomic mass is 10.2. The number of thioether (sulfide) groups is 1. The van der Waals surface area contributed by atoms with Crippen molar-refractivity contribution in [1.82, 2.24) is 9.47 Å². The van der Waals surface area contributed by atoms with Crippen LogP contribution >= 0.6 is 11.8 Å². The van der Waals surface area contributed by atoms with E-state index in [1.165, 1.54) is 54.0 Å². The molecule has 2 aliphatic rings. The average molecular weight is 444 g/mol. The van der Waals surface area contributed by atoms with Crippen molar-refractivity contribution in [3.63, 3.8) is 0 Å². The second-order valence-corrected chi connectivity index (χ2v) is 8.92. The Bertz CT molecular complexity index is 962. The summed E-state index contributed by atoms with van der Waals surface area (Å²) in [5.41, 5.74) is 1.39. The summed E-state index contributed by atoms with van der Waals surface area (Å²) in [4.78, 5) is 27.6. The molecule has 2 N–H and O–H groups in total. The third-order valence-corrected chi connectivity index (χ3v) is 6.27. The second kappa shape index (κ2) is 11.0. The summed E-state index contributed by atoms with van der Waals surface area (Å²) in [6.07, 6.45) is 8.70. The van der Waals surface area contributed by atoms with Gasteiger partial charge in [-0.25, -0.2) is 9.59 Å². The van der Waals surface area contributed by atoms with E-state index < -0.39 is 11.9 Å². The van der Waals surface area contributed by atoms with E-state index in [4.69, 9.17) is 15.2 Å². The van der Waals surface area contributed by atoms with Gasteiger partial charge in [-0.2, -0.15) is 0 Å². The minimum Gasteiger partial charge on any atom is -0.478 e. The van der Waals surface area contributed by atoms with Crippen molar-refractivity contribution in [2.75, 3.05) is 25.9 Å². The number of fused-ring (bicyclic) bond motifs is 1. The Balaban J connectivity index is 0.000000293. The molecule has 1 saturated heterocycles. The monoisotopic (exact) mass is 443 g/mol. The number of benzene rings is 1. The number of carbonyl (C=O) groups is 2. The minimum atomic E-state index is -1.26. The molecule has 8 heteroatoms. The van der Waals surface area contributed by atoms with Crippen LogP contribution in [0, 0.1) is 5.92 Å². The molecule has 0 bridgehead atoms. The van der Waals surface area contributed by atoms with Crippen LogP contribution in [0.15, 0.2) is 52.5 Å². The molecule has 0 spiro atoms. The van der Waals surface area contributed by atoms with Crippen LogP contribution < -0.4 is 0 Å². The highest BCUT2D eigenvalue weighted by Crippen LogP contribution is 2.35. The highest BCUT2D eigenvalue weighted by molar-refractivity contribution is 7.99. The highest BCUT2D eigenvalue weighted by Gasteiger charge is 2.22. The Morgan fingerprint density at radius 2 is 1.90 bits per heavy atom. The second-order valence-electron chi connectivity index (χ2n) is 7.79. The van der Waals surface area contributed by atoms with Crippen LogP contribution in [0.5, 0.6) is 0 Å². The van der Waals surface area contributed by atoms with Crippen molar-refractivity contribution in [2.45, 2.75) is 37.1 Å². The molecule has 2 fully saturated rings. The number of likely N-dealkylation sites (tertiary alicyclic amines) is 1. The Labute approximate surface area is 186 Å². The number of carboxylic acids is 2. The summed E-state index contributed by atoms with van der Waals surface area (Å²) in [5, 5.41) is 17.0. The van der Waals surface area contributed by atoms with Crippen LogP contribution in [0.2, 0.25) is 0 Å². The molecule has 0 unspecified atom stereocenters. The normalized spacial score (nSPS) is 17.3. The molecular weight excluding hydrogens is 414 g/mol. The molecule has 2 heterocycles. The van der Waals surface area contributed by atoms with Crippen molar-refractivity contribution in [3.8, 4) is 0 Å². The van der Waals surface area contributed by atoms with Gasteiger partial charge in [-0.1, -0.05) is 18.2 Å². The van der Waals surface area contributed by atoms with Crippen LogP contribution in [0.4, 0.5) is 0 Å². The maximum atomic E-state index is 9.55. The van der Waals surface area contributed by atoms with Gasteiger partial charge in [-0.05, 0) is 31.2 Å². The summed E-state index contributed by atoms with van der Waals surface area (Å²) in [7, 11) is 2.16. The van der Waals surface area contributed by atoms with Gasteiger partial charge in [0, 0.05) is 66.5 Å². The number of aliphatic carboxylic acids is 2. The molecule has 1 aliphatic carbocycles. The predicted molar refractivity (Wildman–Crippen MR) is 124 cm³/mol. The van der Waals surface area contributed by atoms with E-state index in [1.54, 1.807) is 0 Å². The third-order valence-electron chi connectivity index (χ3n) is 5.25. The molecule has 31 heavy (non-hydrogen) atoms. The van der Waals surface area contributed by atoms with E-state index in [9.17, 15) is 9.59 Å². The molecule has 1 aliphatic heterocycles. The maximum Gasteiger partial charge on any atom is 0.328 e. The number of aromatic nitrogens is 1. The number of hydrogen-bond acceptors (Lipinski definition) is 4. The minimum absolute atomic E-state index is 0.558. The lowest BCUT2D eigenvalue weighted by Gasteiger charge is -2.10. The third kappa shape index (κ3) is 7.17. The summed E-state index contributed by atoms with van der Waals surface area (Å²) < 4.78 is 2.46. The molecule has 166 valence electrons. The van der Waals surface area contributed by atoms with Gasteiger partial charge in [0.1, 0.15) is 0 Å². The van der Waals surface area contributed by atoms with Crippen LogP contribution in [0.25, 0.3) is 10.9 Å². The molecule has 1 saturated carbocycles. The fourth-order valence-electron chi connectivity index (χ4n) is 3.52. The number of carboxylic acid groups (broad SMARTS) is 2. The zero-order valence-corrected chi connectivity index (χ0v) is 18.6. The maximum absolute atomic E-state index is 9.55. The van der Waals surface area contributed by atoms with Crippen molar-refractivity contribution in [1.29, 1.82) is 0 Å². The molecule has 0 radical (unpaired) electrons. The zero-order chi connectivity index (χ0) is 22.2. The van der Waals surface area contributed by atoms with E-state index in [0.717, 1.165) is 24.6 Å². The topological polar surface area (TPSA) is 95.1 Å². The predicted octanol–water partition coefficient (Wildman–Crippen LogP) is 3.98. The number of rotatable bonds is 8. The molecular formula is C23H29N3O4S. The number of para-hydroxylation sites is 1. The van der Waals surface area contributed by atoms with Crippen LogP contribution in [-0.4, -0.2) is 63.3 Å². The summed E-state index contributed by atoms with van der Waals surface area (Å²) >= 11 is 1.96. The molecule has 7 nitrogen and oxygen atoms in total. The first kappa shape index (κ1) is 22.9. The van der Waals surface area contributed by atoms with Crippen molar-refractivity contribution >= 4 is 40.4 Å². The first-order chi connectivity index (χ1) is 14.9. The van der Waals surface area contributed by atoms with Gasteiger partial charge in [0.05, 0.1) is 12.4 Å². The fourth-order valence-corrected chi connectivity index (χ4v) is 4.46. The van der Waals surface area contributed by atoms with Crippen molar-refractivity contribution in [3.05, 3.63) is 42.6 Å². The standard InChI is InChI=1S/C19H25N3S.C4H4O4/c1-21-11-4-7-19(21)20-10-12-23-18-14-22(13-15-8-9-15)17-6-3-2-5-16(17)18;5-3(6)1-2-4(7)8/h2-3,5-6,14-15H,4,7-13H2,1H3;1-2H,(H,5,6)(H,7,8)/b20-19+;2-1+. The zero-order valence-electron chi connectivity index (χ0n) is 17.7. The first-order valence-electron chi connectivity index (χ1n) is 10.5.